The highest BCUT2D eigenvalue weighted by molar-refractivity contribution is 7.89. The second-order valence-electron chi connectivity index (χ2n) is 5.59. The number of nitrogens with one attached hydrogen (secondary N) is 1. The molecule has 0 aliphatic carbocycles. The van der Waals surface area contributed by atoms with Crippen LogP contribution in [-0.2, 0) is 19.7 Å². The van der Waals surface area contributed by atoms with Gasteiger partial charge in [0.15, 0.2) is 0 Å². The fourth-order valence-electron chi connectivity index (χ4n) is 2.27. The molecule has 0 saturated carbocycles. The van der Waals surface area contributed by atoms with Crippen LogP contribution in [0.15, 0.2) is 53.9 Å². The second-order valence-corrected chi connectivity index (χ2v) is 7.20. The van der Waals surface area contributed by atoms with E-state index < -0.39 is 10.0 Å². The standard InChI is InChI=1S/C15H21N3O4S.C3H6/c1-18(2)14-8-3-7-13-12(14)6-4-9-15(13)23(19,20)17-22-11-5-10-21-16;1-3-2/h3-4,6-9,17H,5,10-11,16H2,1-2H3;3H,1H2,2H3. The van der Waals surface area contributed by atoms with Crippen LogP contribution < -0.4 is 15.7 Å². The predicted molar refractivity (Wildman–Crippen MR) is 105 cm³/mol. The quantitative estimate of drug-likeness (QED) is 0.415. The molecule has 2 aromatic carbocycles. The zero-order chi connectivity index (χ0) is 19.6. The van der Waals surface area contributed by atoms with Crippen molar-refractivity contribution < 1.29 is 18.1 Å². The van der Waals surface area contributed by atoms with E-state index in [1.807, 2.05) is 44.1 Å². The van der Waals surface area contributed by atoms with E-state index in [0.29, 0.717) is 18.4 Å². The Morgan fingerprint density at radius 3 is 2.38 bits per heavy atom. The molecule has 0 unspecified atom stereocenters. The number of fused-ring (bicyclic) bond motifs is 1. The van der Waals surface area contributed by atoms with Crippen LogP contribution in [0, 0.1) is 0 Å². The number of nitrogens with zero attached hydrogens (tertiary/aromatic N) is 1. The van der Waals surface area contributed by atoms with Crippen molar-refractivity contribution in [1.82, 2.24) is 4.89 Å². The van der Waals surface area contributed by atoms with Gasteiger partial charge in [-0.1, -0.05) is 35.2 Å². The summed E-state index contributed by atoms with van der Waals surface area (Å²) in [6, 6.07) is 10.7. The summed E-state index contributed by atoms with van der Waals surface area (Å²) in [5.41, 5.74) is 0.945. The fourth-order valence-corrected chi connectivity index (χ4v) is 3.32. The van der Waals surface area contributed by atoms with Gasteiger partial charge in [-0.15, -0.1) is 6.58 Å². The number of benzene rings is 2. The third-order valence-corrected chi connectivity index (χ3v) is 4.58. The van der Waals surface area contributed by atoms with Gasteiger partial charge in [-0.2, -0.15) is 0 Å². The van der Waals surface area contributed by atoms with Crippen LogP contribution in [0.25, 0.3) is 10.8 Å². The minimum absolute atomic E-state index is 0.171. The van der Waals surface area contributed by atoms with Gasteiger partial charge in [0.05, 0.1) is 18.1 Å². The molecule has 0 radical (unpaired) electrons. The Kier molecular flexibility index (Phi) is 9.25. The Balaban J connectivity index is 0.00000105. The molecule has 0 amide bonds. The molecule has 0 aromatic heterocycles. The Morgan fingerprint density at radius 1 is 1.15 bits per heavy atom. The summed E-state index contributed by atoms with van der Waals surface area (Å²) in [5, 5.41) is 1.50. The summed E-state index contributed by atoms with van der Waals surface area (Å²) in [6.45, 7) is 5.71. The number of anilines is 1. The summed E-state index contributed by atoms with van der Waals surface area (Å²) >= 11 is 0. The Labute approximate surface area is 155 Å². The number of hydrogen-bond donors (Lipinski definition) is 2. The molecule has 7 nitrogen and oxygen atoms in total. The van der Waals surface area contributed by atoms with Gasteiger partial charge < -0.3 is 9.74 Å². The lowest BCUT2D eigenvalue weighted by molar-refractivity contribution is 0.0601. The maximum absolute atomic E-state index is 12.5. The molecule has 0 bridgehead atoms. The summed E-state index contributed by atoms with van der Waals surface area (Å²) < 4.78 is 24.9. The van der Waals surface area contributed by atoms with Crippen LogP contribution >= 0.6 is 0 Å². The minimum Gasteiger partial charge on any atom is -0.377 e. The van der Waals surface area contributed by atoms with Gasteiger partial charge in [0.25, 0.3) is 10.0 Å². The molecule has 3 N–H and O–H groups in total. The molecule has 0 aliphatic rings. The molecular weight excluding hydrogens is 354 g/mol. The SMILES string of the molecule is C=CC.CN(C)c1cccc2c(S(=O)(=O)NOCCCON)cccc12. The van der Waals surface area contributed by atoms with Crippen molar-refractivity contribution in [3.8, 4) is 0 Å². The zero-order valence-electron chi connectivity index (χ0n) is 15.4. The van der Waals surface area contributed by atoms with Gasteiger partial charge in [0, 0.05) is 30.6 Å². The molecule has 0 heterocycles. The fraction of sp³-hybridized carbons (Fsp3) is 0.333. The van der Waals surface area contributed by atoms with Gasteiger partial charge in [-0.25, -0.2) is 14.3 Å². The van der Waals surface area contributed by atoms with Gasteiger partial charge in [0.2, 0.25) is 0 Å². The highest BCUT2D eigenvalue weighted by Gasteiger charge is 2.18. The summed E-state index contributed by atoms with van der Waals surface area (Å²) in [7, 11) is 0.0477. The first-order valence-electron chi connectivity index (χ1n) is 8.10. The van der Waals surface area contributed by atoms with Gasteiger partial charge in [-0.05, 0) is 25.5 Å². The maximum Gasteiger partial charge on any atom is 0.263 e. The van der Waals surface area contributed by atoms with Crippen LogP contribution in [-0.4, -0.2) is 35.7 Å². The highest BCUT2D eigenvalue weighted by Crippen LogP contribution is 2.29. The second kappa shape index (κ2) is 10.9. The van der Waals surface area contributed by atoms with E-state index in [1.165, 1.54) is 0 Å². The number of sulfonamides is 1. The molecular formula is C18H27N3O4S. The molecule has 2 rings (SSSR count). The van der Waals surface area contributed by atoms with E-state index in [-0.39, 0.29) is 11.5 Å². The molecule has 144 valence electrons. The Hall–Kier alpha value is -1.97. The zero-order valence-corrected chi connectivity index (χ0v) is 16.3. The first kappa shape index (κ1) is 22.1. The molecule has 2 aromatic rings. The maximum atomic E-state index is 12.5. The van der Waals surface area contributed by atoms with Crippen molar-refractivity contribution in [1.29, 1.82) is 0 Å². The molecule has 0 saturated heterocycles. The smallest absolute Gasteiger partial charge is 0.263 e. The summed E-state index contributed by atoms with van der Waals surface area (Å²) in [5.74, 6) is 4.89. The van der Waals surface area contributed by atoms with E-state index in [0.717, 1.165) is 11.1 Å². The van der Waals surface area contributed by atoms with E-state index in [2.05, 4.69) is 16.3 Å². The van der Waals surface area contributed by atoms with E-state index >= 15 is 0 Å². The lowest BCUT2D eigenvalue weighted by Gasteiger charge is -2.17. The van der Waals surface area contributed by atoms with Crippen LogP contribution in [0.4, 0.5) is 5.69 Å². The number of allylic oxidation sites excluding steroid dienone is 1. The van der Waals surface area contributed by atoms with Crippen molar-refractivity contribution in [2.24, 2.45) is 5.90 Å². The predicted octanol–water partition coefficient (Wildman–Crippen LogP) is 2.59. The molecule has 8 heteroatoms. The summed E-state index contributed by atoms with van der Waals surface area (Å²) in [6.07, 6.45) is 2.24. The summed E-state index contributed by atoms with van der Waals surface area (Å²) in [4.78, 5) is 13.6. The van der Waals surface area contributed by atoms with Crippen LogP contribution in [0.2, 0.25) is 0 Å². The lowest BCUT2D eigenvalue weighted by Crippen LogP contribution is -2.25. The monoisotopic (exact) mass is 381 g/mol. The van der Waals surface area contributed by atoms with Gasteiger partial charge in [0.1, 0.15) is 0 Å². The average Bonchev–Trinajstić information content (AvgIpc) is 2.61. The first-order valence-corrected chi connectivity index (χ1v) is 9.58. The molecule has 0 fully saturated rings. The lowest BCUT2D eigenvalue weighted by atomic mass is 10.1. The van der Waals surface area contributed by atoms with Crippen LogP contribution in [0.5, 0.6) is 0 Å². The van der Waals surface area contributed by atoms with E-state index in [4.69, 9.17) is 10.7 Å². The van der Waals surface area contributed by atoms with Crippen molar-refractivity contribution in [2.75, 3.05) is 32.2 Å². The van der Waals surface area contributed by atoms with Gasteiger partial charge >= 0.3 is 0 Å². The van der Waals surface area contributed by atoms with Crippen molar-refractivity contribution in [2.45, 2.75) is 18.2 Å². The van der Waals surface area contributed by atoms with Crippen molar-refractivity contribution in [3.05, 3.63) is 49.1 Å². The third kappa shape index (κ3) is 6.08. The largest absolute Gasteiger partial charge is 0.377 e. The Morgan fingerprint density at radius 2 is 1.77 bits per heavy atom. The van der Waals surface area contributed by atoms with Crippen molar-refractivity contribution in [3.63, 3.8) is 0 Å². The minimum atomic E-state index is -3.78. The number of nitrogens with two attached hydrogens (primary N) is 1. The van der Waals surface area contributed by atoms with E-state index in [1.54, 1.807) is 24.3 Å². The van der Waals surface area contributed by atoms with Gasteiger partial charge in [-0.3, -0.25) is 4.84 Å². The highest BCUT2D eigenvalue weighted by atomic mass is 32.2. The van der Waals surface area contributed by atoms with E-state index in [9.17, 15) is 8.42 Å². The van der Waals surface area contributed by atoms with Crippen LogP contribution in [0.3, 0.4) is 0 Å². The Bertz CT molecular complexity index is 807. The number of hydrogen-bond acceptors (Lipinski definition) is 6. The topological polar surface area (TPSA) is 93.9 Å². The molecule has 0 atom stereocenters. The van der Waals surface area contributed by atoms with Crippen molar-refractivity contribution >= 4 is 26.5 Å². The number of rotatable bonds is 8. The first-order chi connectivity index (χ1) is 12.4. The van der Waals surface area contributed by atoms with Crippen LogP contribution in [0.1, 0.15) is 13.3 Å². The average molecular weight is 381 g/mol. The normalized spacial score (nSPS) is 10.9. The molecule has 0 spiro atoms. The molecule has 26 heavy (non-hydrogen) atoms. The molecule has 0 aliphatic heterocycles. The third-order valence-electron chi connectivity index (χ3n) is 3.31.